The molecule has 0 fully saturated rings. The summed E-state index contributed by atoms with van der Waals surface area (Å²) in [6.07, 6.45) is -2.55. The molecule has 0 amide bonds. The predicted octanol–water partition coefficient (Wildman–Crippen LogP) is 2.37. The molecule has 1 heterocycles. The lowest BCUT2D eigenvalue weighted by molar-refractivity contribution is -0.260. The van der Waals surface area contributed by atoms with Crippen LogP contribution in [-0.4, -0.2) is 21.3 Å². The Morgan fingerprint density at radius 1 is 1.19 bits per heavy atom. The molecule has 1 N–H and O–H groups in total. The number of hydrogen-bond donors (Lipinski definition) is 1. The van der Waals surface area contributed by atoms with Crippen LogP contribution in [0.5, 0.6) is 0 Å². The molecule has 6 heteroatoms. The third-order valence-electron chi connectivity index (χ3n) is 2.31. The quantitative estimate of drug-likeness (QED) is 0.854. The highest BCUT2D eigenvalue weighted by Crippen LogP contribution is 2.37. The van der Waals surface area contributed by atoms with Gasteiger partial charge in [0.25, 0.3) is 0 Å². The summed E-state index contributed by atoms with van der Waals surface area (Å²) in [4.78, 5) is 7.44. The zero-order chi connectivity index (χ0) is 12.6. The van der Waals surface area contributed by atoms with Gasteiger partial charge in [-0.15, -0.1) is 0 Å². The normalized spacial score (nSPS) is 16.2. The molecule has 0 radical (unpaired) electrons. The van der Waals surface area contributed by atoms with E-state index in [1.54, 1.807) is 0 Å². The molecule has 0 aliphatic rings. The van der Waals surface area contributed by atoms with Crippen LogP contribution < -0.4 is 0 Å². The summed E-state index contributed by atoms with van der Waals surface area (Å²) in [5, 5.41) is 9.32. The van der Waals surface area contributed by atoms with Crippen LogP contribution in [-0.2, 0) is 5.60 Å². The number of rotatable bonds is 2. The smallest absolute Gasteiger partial charge is 0.375 e. The van der Waals surface area contributed by atoms with Gasteiger partial charge in [-0.25, -0.2) is 0 Å². The first kappa shape index (κ1) is 12.9. The van der Waals surface area contributed by atoms with E-state index in [-0.39, 0.29) is 5.92 Å². The maximum absolute atomic E-state index is 12.5. The van der Waals surface area contributed by atoms with Gasteiger partial charge in [-0.2, -0.15) is 13.2 Å². The number of halogens is 3. The second kappa shape index (κ2) is 4.01. The Hall–Kier alpha value is -1.17. The molecule has 1 rings (SSSR count). The standard InChI is InChI=1S/C10H13F3N2O/c1-6(2)7-4-15-8(5-14-7)9(3,16)10(11,12)13/h4-6,16H,1-3H3. The SMILES string of the molecule is CC(C)c1cnc(C(C)(O)C(F)(F)F)cn1. The minimum absolute atomic E-state index is 0.0809. The van der Waals surface area contributed by atoms with Crippen LogP contribution in [0.2, 0.25) is 0 Å². The van der Waals surface area contributed by atoms with Gasteiger partial charge in [0.2, 0.25) is 5.60 Å². The molecule has 16 heavy (non-hydrogen) atoms. The maximum Gasteiger partial charge on any atom is 0.422 e. The van der Waals surface area contributed by atoms with Crippen molar-refractivity contribution in [2.45, 2.75) is 38.5 Å². The zero-order valence-corrected chi connectivity index (χ0v) is 9.21. The van der Waals surface area contributed by atoms with Gasteiger partial charge in [-0.1, -0.05) is 13.8 Å². The van der Waals surface area contributed by atoms with Crippen molar-refractivity contribution < 1.29 is 18.3 Å². The largest absolute Gasteiger partial charge is 0.422 e. The van der Waals surface area contributed by atoms with Crippen LogP contribution >= 0.6 is 0 Å². The summed E-state index contributed by atoms with van der Waals surface area (Å²) in [7, 11) is 0. The third-order valence-corrected chi connectivity index (χ3v) is 2.31. The molecule has 1 aromatic heterocycles. The van der Waals surface area contributed by atoms with E-state index in [1.807, 2.05) is 13.8 Å². The van der Waals surface area contributed by atoms with Crippen molar-refractivity contribution in [3.63, 3.8) is 0 Å². The van der Waals surface area contributed by atoms with Gasteiger partial charge in [0.1, 0.15) is 0 Å². The van der Waals surface area contributed by atoms with Crippen LogP contribution in [0.4, 0.5) is 13.2 Å². The maximum atomic E-state index is 12.5. The van der Waals surface area contributed by atoms with Crippen molar-refractivity contribution in [2.75, 3.05) is 0 Å². The van der Waals surface area contributed by atoms with Crippen molar-refractivity contribution in [2.24, 2.45) is 0 Å². The van der Waals surface area contributed by atoms with Gasteiger partial charge in [0.05, 0.1) is 17.6 Å². The van der Waals surface area contributed by atoms with Gasteiger partial charge in [-0.05, 0) is 12.8 Å². The van der Waals surface area contributed by atoms with Crippen molar-refractivity contribution >= 4 is 0 Å². The Labute approximate surface area is 91.4 Å². The third kappa shape index (κ3) is 2.32. The number of hydrogen-bond acceptors (Lipinski definition) is 3. The van der Waals surface area contributed by atoms with E-state index in [9.17, 15) is 18.3 Å². The van der Waals surface area contributed by atoms with Crippen LogP contribution in [0.1, 0.15) is 38.1 Å². The summed E-state index contributed by atoms with van der Waals surface area (Å²) in [6.45, 7) is 4.36. The molecular formula is C10H13F3N2O. The molecule has 1 atom stereocenters. The monoisotopic (exact) mass is 234 g/mol. The predicted molar refractivity (Wildman–Crippen MR) is 51.7 cm³/mol. The first-order chi connectivity index (χ1) is 7.16. The molecule has 90 valence electrons. The highest BCUT2D eigenvalue weighted by atomic mass is 19.4. The lowest BCUT2D eigenvalue weighted by atomic mass is 10.0. The molecular weight excluding hydrogens is 221 g/mol. The van der Waals surface area contributed by atoms with Crippen LogP contribution in [0.15, 0.2) is 12.4 Å². The lowest BCUT2D eigenvalue weighted by Gasteiger charge is -2.25. The molecule has 0 aliphatic heterocycles. The topological polar surface area (TPSA) is 46.0 Å². The number of aromatic nitrogens is 2. The van der Waals surface area contributed by atoms with Gasteiger partial charge in [-0.3, -0.25) is 9.97 Å². The van der Waals surface area contributed by atoms with Crippen molar-refractivity contribution in [3.8, 4) is 0 Å². The second-order valence-electron chi connectivity index (χ2n) is 4.05. The van der Waals surface area contributed by atoms with Gasteiger partial charge in [0, 0.05) is 6.20 Å². The lowest BCUT2D eigenvalue weighted by Crippen LogP contribution is -2.40. The second-order valence-corrected chi connectivity index (χ2v) is 4.05. The molecule has 0 aromatic carbocycles. The Morgan fingerprint density at radius 3 is 2.06 bits per heavy atom. The first-order valence-corrected chi connectivity index (χ1v) is 4.77. The van der Waals surface area contributed by atoms with Gasteiger partial charge >= 0.3 is 6.18 Å². The first-order valence-electron chi connectivity index (χ1n) is 4.77. The van der Waals surface area contributed by atoms with E-state index in [2.05, 4.69) is 9.97 Å². The summed E-state index contributed by atoms with van der Waals surface area (Å²) in [5.74, 6) is 0.0809. The highest BCUT2D eigenvalue weighted by Gasteiger charge is 2.52. The van der Waals surface area contributed by atoms with E-state index in [0.717, 1.165) is 6.20 Å². The minimum Gasteiger partial charge on any atom is -0.375 e. The van der Waals surface area contributed by atoms with E-state index >= 15 is 0 Å². The summed E-state index contributed by atoms with van der Waals surface area (Å²) < 4.78 is 37.4. The molecule has 0 saturated carbocycles. The molecule has 0 spiro atoms. The molecule has 0 saturated heterocycles. The van der Waals surface area contributed by atoms with Crippen LogP contribution in [0.25, 0.3) is 0 Å². The molecule has 0 bridgehead atoms. The fourth-order valence-electron chi connectivity index (χ4n) is 1.03. The minimum atomic E-state index is -4.76. The highest BCUT2D eigenvalue weighted by molar-refractivity contribution is 5.13. The summed E-state index contributed by atoms with van der Waals surface area (Å²) in [6, 6.07) is 0. The Balaban J connectivity index is 3.07. The Bertz CT molecular complexity index is 357. The molecule has 1 unspecified atom stereocenters. The van der Waals surface area contributed by atoms with E-state index < -0.39 is 17.5 Å². The molecule has 3 nitrogen and oxygen atoms in total. The van der Waals surface area contributed by atoms with Crippen LogP contribution in [0.3, 0.4) is 0 Å². The van der Waals surface area contributed by atoms with Crippen molar-refractivity contribution in [1.29, 1.82) is 0 Å². The van der Waals surface area contributed by atoms with Crippen molar-refractivity contribution in [3.05, 3.63) is 23.8 Å². The fraction of sp³-hybridized carbons (Fsp3) is 0.600. The Kier molecular flexibility index (Phi) is 3.23. The number of alkyl halides is 3. The molecule has 0 aliphatic carbocycles. The fourth-order valence-corrected chi connectivity index (χ4v) is 1.03. The van der Waals surface area contributed by atoms with Gasteiger partial charge in [0.15, 0.2) is 0 Å². The summed E-state index contributed by atoms with van der Waals surface area (Å²) >= 11 is 0. The van der Waals surface area contributed by atoms with E-state index in [4.69, 9.17) is 0 Å². The average molecular weight is 234 g/mol. The zero-order valence-electron chi connectivity index (χ0n) is 9.21. The van der Waals surface area contributed by atoms with E-state index in [0.29, 0.717) is 12.6 Å². The summed E-state index contributed by atoms with van der Waals surface area (Å²) in [5.41, 5.74) is -2.87. The van der Waals surface area contributed by atoms with Crippen LogP contribution in [0, 0.1) is 0 Å². The average Bonchev–Trinajstić information content (AvgIpc) is 2.16. The van der Waals surface area contributed by atoms with E-state index in [1.165, 1.54) is 6.20 Å². The van der Waals surface area contributed by atoms with Crippen molar-refractivity contribution in [1.82, 2.24) is 9.97 Å². The number of aliphatic hydroxyl groups is 1. The Morgan fingerprint density at radius 2 is 1.75 bits per heavy atom. The van der Waals surface area contributed by atoms with Gasteiger partial charge < -0.3 is 5.11 Å². The molecule has 1 aromatic rings. The number of nitrogens with zero attached hydrogens (tertiary/aromatic N) is 2.